The summed E-state index contributed by atoms with van der Waals surface area (Å²) in [4.78, 5) is 0. The van der Waals surface area contributed by atoms with Crippen LogP contribution in [0.4, 0.5) is 0 Å². The first-order valence-corrected chi connectivity index (χ1v) is 5.93. The van der Waals surface area contributed by atoms with Gasteiger partial charge in [-0.1, -0.05) is 25.5 Å². The number of ether oxygens (including phenoxy) is 1. The van der Waals surface area contributed by atoms with E-state index < -0.39 is 0 Å². The fraction of sp³-hybridized carbons (Fsp3) is 0.846. The van der Waals surface area contributed by atoms with E-state index in [4.69, 9.17) is 4.74 Å². The zero-order valence-electron chi connectivity index (χ0n) is 10.2. The van der Waals surface area contributed by atoms with Gasteiger partial charge in [0, 0.05) is 11.3 Å². The molecule has 15 heavy (non-hydrogen) atoms. The van der Waals surface area contributed by atoms with Crippen molar-refractivity contribution in [3.8, 4) is 0 Å². The average Bonchev–Trinajstić information content (AvgIpc) is 2.17. The summed E-state index contributed by atoms with van der Waals surface area (Å²) in [5.41, 5.74) is 1.39. The van der Waals surface area contributed by atoms with Crippen LogP contribution in [0, 0.1) is 23.2 Å². The monoisotopic (exact) mass is 210 g/mol. The molecule has 2 aliphatic rings. The van der Waals surface area contributed by atoms with Crippen LogP contribution in [-0.4, -0.2) is 24.4 Å². The van der Waals surface area contributed by atoms with E-state index in [0.717, 1.165) is 0 Å². The van der Waals surface area contributed by atoms with Crippen LogP contribution in [0.25, 0.3) is 0 Å². The fourth-order valence-electron chi connectivity index (χ4n) is 3.60. The van der Waals surface area contributed by atoms with Crippen LogP contribution >= 0.6 is 0 Å². The van der Waals surface area contributed by atoms with Gasteiger partial charge in [-0.15, -0.1) is 0 Å². The van der Waals surface area contributed by atoms with Gasteiger partial charge in [-0.3, -0.25) is 0 Å². The zero-order valence-corrected chi connectivity index (χ0v) is 10.2. The molecule has 5 atom stereocenters. The van der Waals surface area contributed by atoms with Crippen molar-refractivity contribution in [2.45, 2.75) is 33.8 Å². The molecule has 0 spiro atoms. The maximum atomic E-state index is 9.70. The topological polar surface area (TPSA) is 29.5 Å². The highest BCUT2D eigenvalue weighted by Crippen LogP contribution is 2.51. The summed E-state index contributed by atoms with van der Waals surface area (Å²) in [6.07, 6.45) is 2.63. The lowest BCUT2D eigenvalue weighted by Crippen LogP contribution is -2.55. The summed E-state index contributed by atoms with van der Waals surface area (Å²) in [5.74, 6) is 1.43. The molecule has 3 unspecified atom stereocenters. The van der Waals surface area contributed by atoms with E-state index in [1.54, 1.807) is 0 Å². The standard InChI is InChI=1S/C13H22O2/c1-8-5-9(2)13(6-14)7-15-11(4)12(8)10(13)3/h5,9-12,14H,6-7H2,1-4H3/t9?,10?,11?,12-,13-/m1/s1. The molecule has 1 aliphatic heterocycles. The van der Waals surface area contributed by atoms with E-state index in [0.29, 0.717) is 30.5 Å². The van der Waals surface area contributed by atoms with E-state index in [9.17, 15) is 5.11 Å². The highest BCUT2D eigenvalue weighted by atomic mass is 16.5. The lowest BCUT2D eigenvalue weighted by Gasteiger charge is -2.54. The van der Waals surface area contributed by atoms with Gasteiger partial charge in [0.25, 0.3) is 0 Å². The third kappa shape index (κ3) is 1.38. The predicted molar refractivity (Wildman–Crippen MR) is 60.5 cm³/mol. The van der Waals surface area contributed by atoms with Crippen molar-refractivity contribution in [3.05, 3.63) is 11.6 Å². The van der Waals surface area contributed by atoms with Gasteiger partial charge in [0.1, 0.15) is 0 Å². The molecule has 0 radical (unpaired) electrons. The maximum Gasteiger partial charge on any atom is 0.0615 e. The van der Waals surface area contributed by atoms with Crippen LogP contribution in [0.1, 0.15) is 27.7 Å². The molecule has 0 saturated carbocycles. The number of rotatable bonds is 1. The van der Waals surface area contributed by atoms with E-state index in [-0.39, 0.29) is 12.0 Å². The predicted octanol–water partition coefficient (Wildman–Crippen LogP) is 2.23. The second-order valence-corrected chi connectivity index (χ2v) is 5.42. The van der Waals surface area contributed by atoms with E-state index in [1.165, 1.54) is 5.57 Å². The second kappa shape index (κ2) is 3.60. The first-order chi connectivity index (χ1) is 7.03. The van der Waals surface area contributed by atoms with E-state index in [1.807, 2.05) is 0 Å². The van der Waals surface area contributed by atoms with Crippen molar-refractivity contribution >= 4 is 0 Å². The van der Waals surface area contributed by atoms with Crippen molar-refractivity contribution < 1.29 is 9.84 Å². The van der Waals surface area contributed by atoms with Crippen LogP contribution in [-0.2, 0) is 4.74 Å². The summed E-state index contributed by atoms with van der Waals surface area (Å²) in [6, 6.07) is 0. The Morgan fingerprint density at radius 1 is 1.47 bits per heavy atom. The lowest BCUT2D eigenvalue weighted by molar-refractivity contribution is -0.157. The number of allylic oxidation sites excluding steroid dienone is 1. The smallest absolute Gasteiger partial charge is 0.0615 e. The molecule has 2 bridgehead atoms. The molecule has 1 saturated heterocycles. The number of hydrogen-bond acceptors (Lipinski definition) is 2. The molecule has 2 heteroatoms. The average molecular weight is 210 g/mol. The molecule has 0 aromatic rings. The first kappa shape index (κ1) is 11.2. The van der Waals surface area contributed by atoms with Gasteiger partial charge in [-0.2, -0.15) is 0 Å². The van der Waals surface area contributed by atoms with Gasteiger partial charge in [-0.25, -0.2) is 0 Å². The molecule has 86 valence electrons. The summed E-state index contributed by atoms with van der Waals surface area (Å²) >= 11 is 0. The Balaban J connectivity index is 2.43. The van der Waals surface area contributed by atoms with Crippen molar-refractivity contribution in [2.75, 3.05) is 13.2 Å². The molecule has 1 fully saturated rings. The van der Waals surface area contributed by atoms with Crippen molar-refractivity contribution in [3.63, 3.8) is 0 Å². The van der Waals surface area contributed by atoms with Crippen molar-refractivity contribution in [1.29, 1.82) is 0 Å². The van der Waals surface area contributed by atoms with Crippen molar-refractivity contribution in [1.82, 2.24) is 0 Å². The summed E-state index contributed by atoms with van der Waals surface area (Å²) < 4.78 is 5.85. The quantitative estimate of drug-likeness (QED) is 0.673. The second-order valence-electron chi connectivity index (χ2n) is 5.42. The van der Waals surface area contributed by atoms with Gasteiger partial charge in [-0.05, 0) is 25.7 Å². The summed E-state index contributed by atoms with van der Waals surface area (Å²) in [6.45, 7) is 9.76. The van der Waals surface area contributed by atoms with E-state index >= 15 is 0 Å². The number of aliphatic hydroxyl groups is 1. The van der Waals surface area contributed by atoms with E-state index in [2.05, 4.69) is 33.8 Å². The lowest BCUT2D eigenvalue weighted by atomic mass is 9.56. The number of aliphatic hydroxyl groups excluding tert-OH is 1. The van der Waals surface area contributed by atoms with Crippen LogP contribution in [0.5, 0.6) is 0 Å². The van der Waals surface area contributed by atoms with Crippen LogP contribution in [0.15, 0.2) is 11.6 Å². The Morgan fingerprint density at radius 2 is 2.13 bits per heavy atom. The Hall–Kier alpha value is -0.340. The first-order valence-electron chi connectivity index (χ1n) is 5.93. The minimum absolute atomic E-state index is 0.0450. The largest absolute Gasteiger partial charge is 0.396 e. The molecular formula is C13H22O2. The Bertz CT molecular complexity index is 284. The van der Waals surface area contributed by atoms with Gasteiger partial charge < -0.3 is 9.84 Å². The molecule has 0 aromatic heterocycles. The highest BCUT2D eigenvalue weighted by molar-refractivity contribution is 5.20. The third-order valence-electron chi connectivity index (χ3n) is 4.81. The summed E-state index contributed by atoms with van der Waals surface area (Å²) in [7, 11) is 0. The molecular weight excluding hydrogens is 188 g/mol. The van der Waals surface area contributed by atoms with Gasteiger partial charge in [0.2, 0.25) is 0 Å². The van der Waals surface area contributed by atoms with Crippen LogP contribution in [0.2, 0.25) is 0 Å². The fourth-order valence-corrected chi connectivity index (χ4v) is 3.60. The summed E-state index contributed by atoms with van der Waals surface area (Å²) in [5, 5.41) is 9.70. The molecule has 2 nitrogen and oxygen atoms in total. The van der Waals surface area contributed by atoms with Gasteiger partial charge in [0.15, 0.2) is 0 Å². The normalized spacial score (nSPS) is 50.1. The molecule has 1 N–H and O–H groups in total. The Labute approximate surface area is 92.3 Å². The number of fused-ring (bicyclic) bond motifs is 2. The Morgan fingerprint density at radius 3 is 2.73 bits per heavy atom. The minimum Gasteiger partial charge on any atom is -0.396 e. The van der Waals surface area contributed by atoms with Gasteiger partial charge >= 0.3 is 0 Å². The molecule has 2 rings (SSSR count). The third-order valence-corrected chi connectivity index (χ3v) is 4.81. The SMILES string of the molecule is CC1=CC(C)[C@@]2(CO)COC(C)[C@H]1C2C. The van der Waals surface area contributed by atoms with Gasteiger partial charge in [0.05, 0.1) is 19.3 Å². The minimum atomic E-state index is -0.0450. The number of hydrogen-bond donors (Lipinski definition) is 1. The zero-order chi connectivity index (χ0) is 11.2. The molecule has 0 amide bonds. The molecule has 0 aromatic carbocycles. The maximum absolute atomic E-state index is 9.70. The van der Waals surface area contributed by atoms with Crippen LogP contribution < -0.4 is 0 Å². The molecule has 1 heterocycles. The Kier molecular flexibility index (Phi) is 2.68. The van der Waals surface area contributed by atoms with Crippen LogP contribution in [0.3, 0.4) is 0 Å². The highest BCUT2D eigenvalue weighted by Gasteiger charge is 2.51. The van der Waals surface area contributed by atoms with Crippen molar-refractivity contribution in [2.24, 2.45) is 23.2 Å². The molecule has 1 aliphatic carbocycles.